The average molecular weight is 292 g/mol. The molecular formula is C12H22ClN3OS. The molecule has 0 radical (unpaired) electrons. The van der Waals surface area contributed by atoms with Crippen LogP contribution in [0.2, 0.25) is 0 Å². The van der Waals surface area contributed by atoms with Crippen LogP contribution in [0.1, 0.15) is 30.7 Å². The van der Waals surface area contributed by atoms with E-state index >= 15 is 0 Å². The first-order valence-electron chi connectivity index (χ1n) is 5.89. The highest BCUT2D eigenvalue weighted by Crippen LogP contribution is 2.15. The lowest BCUT2D eigenvalue weighted by atomic mass is 10.0. The van der Waals surface area contributed by atoms with Crippen molar-refractivity contribution in [1.82, 2.24) is 9.88 Å². The van der Waals surface area contributed by atoms with E-state index in [9.17, 15) is 4.79 Å². The largest absolute Gasteiger partial charge is 0.338 e. The van der Waals surface area contributed by atoms with Crippen molar-refractivity contribution in [3.8, 4) is 0 Å². The normalized spacial score (nSPS) is 12.1. The van der Waals surface area contributed by atoms with Gasteiger partial charge >= 0.3 is 0 Å². The molecule has 0 aromatic carbocycles. The number of carbonyl (C=O) groups excluding carboxylic acids is 1. The molecule has 6 heteroatoms. The maximum Gasteiger partial charge on any atom is 0.239 e. The highest BCUT2D eigenvalue weighted by Gasteiger charge is 2.21. The highest BCUT2D eigenvalue weighted by molar-refractivity contribution is 7.11. The first-order chi connectivity index (χ1) is 7.95. The molecule has 2 N–H and O–H groups in total. The minimum Gasteiger partial charge on any atom is -0.338 e. The van der Waals surface area contributed by atoms with Gasteiger partial charge in [0.2, 0.25) is 5.91 Å². The molecule has 0 spiro atoms. The van der Waals surface area contributed by atoms with Crippen molar-refractivity contribution < 1.29 is 4.79 Å². The van der Waals surface area contributed by atoms with Crippen molar-refractivity contribution in [2.24, 2.45) is 11.7 Å². The number of aryl methyl sites for hydroxylation is 1. The van der Waals surface area contributed by atoms with E-state index in [1.807, 2.05) is 20.0 Å². The molecule has 0 aliphatic heterocycles. The fraction of sp³-hybridized carbons (Fsp3) is 0.667. The zero-order chi connectivity index (χ0) is 13.0. The third kappa shape index (κ3) is 4.55. The van der Waals surface area contributed by atoms with Crippen LogP contribution in [-0.4, -0.2) is 28.9 Å². The maximum absolute atomic E-state index is 11.9. The molecule has 4 nitrogen and oxygen atoms in total. The SMILES string of the molecule is CCc1cnc(CN(C)C(=O)[C@@H](N)C(C)C)s1.Cl. The van der Waals surface area contributed by atoms with E-state index in [1.165, 1.54) is 4.88 Å². The Balaban J connectivity index is 0.00000289. The Morgan fingerprint density at radius 2 is 2.17 bits per heavy atom. The van der Waals surface area contributed by atoms with Crippen molar-refractivity contribution in [3.05, 3.63) is 16.1 Å². The zero-order valence-corrected chi connectivity index (χ0v) is 13.0. The number of halogens is 1. The Hall–Kier alpha value is -0.650. The molecule has 18 heavy (non-hydrogen) atoms. The molecule has 1 aromatic heterocycles. The monoisotopic (exact) mass is 291 g/mol. The molecule has 1 atom stereocenters. The van der Waals surface area contributed by atoms with Crippen LogP contribution < -0.4 is 5.73 Å². The molecule has 1 heterocycles. The van der Waals surface area contributed by atoms with Crippen molar-refractivity contribution >= 4 is 29.7 Å². The van der Waals surface area contributed by atoms with Crippen LogP contribution in [0, 0.1) is 5.92 Å². The van der Waals surface area contributed by atoms with Crippen molar-refractivity contribution in [1.29, 1.82) is 0 Å². The average Bonchev–Trinajstić information content (AvgIpc) is 2.74. The van der Waals surface area contributed by atoms with Crippen molar-refractivity contribution in [2.45, 2.75) is 39.8 Å². The highest BCUT2D eigenvalue weighted by atomic mass is 35.5. The molecule has 0 saturated heterocycles. The number of nitrogens with two attached hydrogens (primary N) is 1. The molecule has 0 saturated carbocycles. The number of hydrogen-bond acceptors (Lipinski definition) is 4. The number of nitrogens with zero attached hydrogens (tertiary/aromatic N) is 2. The van der Waals surface area contributed by atoms with E-state index < -0.39 is 6.04 Å². The Morgan fingerprint density at radius 1 is 1.56 bits per heavy atom. The summed E-state index contributed by atoms with van der Waals surface area (Å²) in [7, 11) is 1.78. The van der Waals surface area contributed by atoms with Crippen LogP contribution in [0.15, 0.2) is 6.20 Å². The Bertz CT molecular complexity index is 381. The Morgan fingerprint density at radius 3 is 2.61 bits per heavy atom. The summed E-state index contributed by atoms with van der Waals surface area (Å²) in [6.45, 7) is 6.55. The number of thiazole rings is 1. The molecule has 0 aliphatic carbocycles. The molecule has 104 valence electrons. The van der Waals surface area contributed by atoms with Crippen LogP contribution in [0.5, 0.6) is 0 Å². The second-order valence-corrected chi connectivity index (χ2v) is 5.74. The second-order valence-electron chi connectivity index (χ2n) is 4.54. The standard InChI is InChI=1S/C12H21N3OS.ClH/c1-5-9-6-14-10(17-9)7-15(4)12(16)11(13)8(2)3;/h6,8,11H,5,7,13H2,1-4H3;1H/t11-;/m0./s1. The number of amides is 1. The first-order valence-corrected chi connectivity index (χ1v) is 6.71. The maximum atomic E-state index is 11.9. The summed E-state index contributed by atoms with van der Waals surface area (Å²) in [5.41, 5.74) is 5.84. The number of carbonyl (C=O) groups is 1. The van der Waals surface area contributed by atoms with E-state index in [0.717, 1.165) is 11.4 Å². The lowest BCUT2D eigenvalue weighted by molar-refractivity contribution is -0.132. The van der Waals surface area contributed by atoms with E-state index in [-0.39, 0.29) is 24.2 Å². The molecule has 0 unspecified atom stereocenters. The van der Waals surface area contributed by atoms with Gasteiger partial charge in [0.25, 0.3) is 0 Å². The molecule has 1 aromatic rings. The van der Waals surface area contributed by atoms with Gasteiger partial charge in [0.1, 0.15) is 5.01 Å². The number of likely N-dealkylation sites (N-methyl/N-ethyl adjacent to an activating group) is 1. The van der Waals surface area contributed by atoms with Crippen LogP contribution in [-0.2, 0) is 17.8 Å². The predicted molar refractivity (Wildman–Crippen MR) is 78.0 cm³/mol. The molecule has 1 amide bonds. The summed E-state index contributed by atoms with van der Waals surface area (Å²) in [4.78, 5) is 19.1. The van der Waals surface area contributed by atoms with Crippen LogP contribution >= 0.6 is 23.7 Å². The topological polar surface area (TPSA) is 59.2 Å². The smallest absolute Gasteiger partial charge is 0.239 e. The lowest BCUT2D eigenvalue weighted by Crippen LogP contribution is -2.44. The van der Waals surface area contributed by atoms with E-state index in [1.54, 1.807) is 23.3 Å². The molecule has 1 rings (SSSR count). The van der Waals surface area contributed by atoms with E-state index in [4.69, 9.17) is 5.73 Å². The van der Waals surface area contributed by atoms with Gasteiger partial charge in [0.05, 0.1) is 12.6 Å². The van der Waals surface area contributed by atoms with Crippen LogP contribution in [0.3, 0.4) is 0 Å². The summed E-state index contributed by atoms with van der Waals surface area (Å²) >= 11 is 1.65. The first kappa shape index (κ1) is 17.4. The molecule has 0 fully saturated rings. The number of hydrogen-bond donors (Lipinski definition) is 1. The summed E-state index contributed by atoms with van der Waals surface area (Å²) in [6.07, 6.45) is 2.86. The summed E-state index contributed by atoms with van der Waals surface area (Å²) in [5, 5.41) is 0.966. The van der Waals surface area contributed by atoms with Gasteiger partial charge in [0.15, 0.2) is 0 Å². The van der Waals surface area contributed by atoms with Gasteiger partial charge in [-0.05, 0) is 12.3 Å². The van der Waals surface area contributed by atoms with E-state index in [0.29, 0.717) is 6.54 Å². The third-order valence-electron chi connectivity index (χ3n) is 2.70. The van der Waals surface area contributed by atoms with E-state index in [2.05, 4.69) is 11.9 Å². The summed E-state index contributed by atoms with van der Waals surface area (Å²) in [5.74, 6) is 0.140. The van der Waals surface area contributed by atoms with Gasteiger partial charge in [-0.25, -0.2) is 4.98 Å². The molecule has 0 aliphatic rings. The molecular weight excluding hydrogens is 270 g/mol. The van der Waals surface area contributed by atoms with Gasteiger partial charge < -0.3 is 10.6 Å². The quantitative estimate of drug-likeness (QED) is 0.903. The minimum atomic E-state index is -0.425. The molecule has 0 bridgehead atoms. The number of rotatable bonds is 5. The lowest BCUT2D eigenvalue weighted by Gasteiger charge is -2.22. The summed E-state index contributed by atoms with van der Waals surface area (Å²) < 4.78 is 0. The van der Waals surface area contributed by atoms with Crippen molar-refractivity contribution in [2.75, 3.05) is 7.05 Å². The van der Waals surface area contributed by atoms with Gasteiger partial charge in [-0.15, -0.1) is 23.7 Å². The summed E-state index contributed by atoms with van der Waals surface area (Å²) in [6, 6.07) is -0.425. The van der Waals surface area contributed by atoms with Gasteiger partial charge in [-0.2, -0.15) is 0 Å². The fourth-order valence-corrected chi connectivity index (χ4v) is 2.32. The minimum absolute atomic E-state index is 0. The van der Waals surface area contributed by atoms with Gasteiger partial charge in [-0.3, -0.25) is 4.79 Å². The Labute approximate surface area is 119 Å². The van der Waals surface area contributed by atoms with Gasteiger partial charge in [0, 0.05) is 18.1 Å². The Kier molecular flexibility index (Phi) is 7.43. The van der Waals surface area contributed by atoms with Crippen LogP contribution in [0.4, 0.5) is 0 Å². The van der Waals surface area contributed by atoms with Gasteiger partial charge in [-0.1, -0.05) is 20.8 Å². The zero-order valence-electron chi connectivity index (χ0n) is 11.3. The second kappa shape index (κ2) is 7.71. The third-order valence-corrected chi connectivity index (χ3v) is 3.83. The van der Waals surface area contributed by atoms with Crippen LogP contribution in [0.25, 0.3) is 0 Å². The van der Waals surface area contributed by atoms with Crippen molar-refractivity contribution in [3.63, 3.8) is 0 Å². The fourth-order valence-electron chi connectivity index (χ4n) is 1.41. The predicted octanol–water partition coefficient (Wildman–Crippen LogP) is 2.07. The number of aromatic nitrogens is 1.